The number of hydrogen-bond donors (Lipinski definition) is 2. The van der Waals surface area contributed by atoms with E-state index >= 15 is 0 Å². The van der Waals surface area contributed by atoms with Gasteiger partial charge in [0.25, 0.3) is 11.8 Å². The number of hydrogen-bond acceptors (Lipinski definition) is 8. The lowest BCUT2D eigenvalue weighted by molar-refractivity contribution is -0.125. The van der Waals surface area contributed by atoms with Gasteiger partial charge in [0.05, 0.1) is 24.3 Å². The van der Waals surface area contributed by atoms with Crippen LogP contribution in [0.25, 0.3) is 0 Å². The number of amides is 2. The van der Waals surface area contributed by atoms with E-state index in [2.05, 4.69) is 10.6 Å². The molecule has 0 radical (unpaired) electrons. The van der Waals surface area contributed by atoms with Crippen molar-refractivity contribution in [3.8, 4) is 0 Å². The Morgan fingerprint density at radius 3 is 1.39 bits per heavy atom. The minimum Gasteiger partial charge on any atom is -0.452 e. The van der Waals surface area contributed by atoms with Gasteiger partial charge in [-0.05, 0) is 24.3 Å². The first-order chi connectivity index (χ1) is 13.5. The molecule has 10 heteroatoms. The summed E-state index contributed by atoms with van der Waals surface area (Å²) in [7, 11) is 3.01. The van der Waals surface area contributed by atoms with Crippen molar-refractivity contribution in [2.45, 2.75) is 0 Å². The number of rotatable bonds is 12. The number of benzene rings is 1. The molecule has 0 fully saturated rings. The Balaban J connectivity index is 2.40. The van der Waals surface area contributed by atoms with Gasteiger partial charge in [0, 0.05) is 27.3 Å². The average molecular weight is 396 g/mol. The minimum absolute atomic E-state index is 0.165. The molecule has 0 aliphatic carbocycles. The van der Waals surface area contributed by atoms with Gasteiger partial charge < -0.3 is 29.6 Å². The standard InChI is InChI=1S/C18H24N2O8/c1-25-9-7-19-15(21)11-27-17(23)13-3-5-14(6-4-13)18(24)28-12-16(22)20-8-10-26-2/h3-6H,7-12H2,1-2H3,(H,19,21)(H,20,22). The fourth-order valence-corrected chi connectivity index (χ4v) is 1.86. The third kappa shape index (κ3) is 9.10. The van der Waals surface area contributed by atoms with Crippen LogP contribution in [0.3, 0.4) is 0 Å². The maximum absolute atomic E-state index is 11.9. The Morgan fingerprint density at radius 1 is 0.714 bits per heavy atom. The van der Waals surface area contributed by atoms with Crippen LogP contribution in [0.2, 0.25) is 0 Å². The van der Waals surface area contributed by atoms with Gasteiger partial charge in [0.15, 0.2) is 13.2 Å². The summed E-state index contributed by atoms with van der Waals surface area (Å²) in [5.41, 5.74) is 0.331. The van der Waals surface area contributed by atoms with Crippen LogP contribution in [0.5, 0.6) is 0 Å². The van der Waals surface area contributed by atoms with Gasteiger partial charge in [-0.15, -0.1) is 0 Å². The fourth-order valence-electron chi connectivity index (χ4n) is 1.86. The normalized spacial score (nSPS) is 10.1. The molecule has 1 rings (SSSR count). The smallest absolute Gasteiger partial charge is 0.338 e. The van der Waals surface area contributed by atoms with Crippen molar-refractivity contribution in [3.05, 3.63) is 35.4 Å². The largest absolute Gasteiger partial charge is 0.452 e. The first kappa shape index (κ1) is 23.1. The van der Waals surface area contributed by atoms with Crippen LogP contribution >= 0.6 is 0 Å². The number of ether oxygens (including phenoxy) is 4. The molecule has 2 amide bonds. The highest BCUT2D eigenvalue weighted by atomic mass is 16.5. The summed E-state index contributed by atoms with van der Waals surface area (Å²) in [5.74, 6) is -2.32. The molecule has 0 aliphatic heterocycles. The van der Waals surface area contributed by atoms with Gasteiger partial charge >= 0.3 is 11.9 Å². The van der Waals surface area contributed by atoms with Crippen molar-refractivity contribution in [3.63, 3.8) is 0 Å². The average Bonchev–Trinajstić information content (AvgIpc) is 2.70. The van der Waals surface area contributed by atoms with Crippen LogP contribution < -0.4 is 10.6 Å². The van der Waals surface area contributed by atoms with Crippen molar-refractivity contribution >= 4 is 23.8 Å². The molecule has 0 saturated carbocycles. The van der Waals surface area contributed by atoms with E-state index in [9.17, 15) is 19.2 Å². The number of nitrogens with one attached hydrogen (secondary N) is 2. The molecule has 1 aromatic carbocycles. The van der Waals surface area contributed by atoms with Crippen molar-refractivity contribution in [1.82, 2.24) is 10.6 Å². The first-order valence-electron chi connectivity index (χ1n) is 8.43. The summed E-state index contributed by atoms with van der Waals surface area (Å²) in [6, 6.07) is 5.45. The van der Waals surface area contributed by atoms with E-state index in [0.717, 1.165) is 0 Å². The van der Waals surface area contributed by atoms with E-state index in [1.165, 1.54) is 38.5 Å². The van der Waals surface area contributed by atoms with Crippen LogP contribution in [0.15, 0.2) is 24.3 Å². The molecule has 0 heterocycles. The summed E-state index contributed by atoms with van der Waals surface area (Å²) in [6.07, 6.45) is 0. The third-order valence-electron chi connectivity index (χ3n) is 3.28. The van der Waals surface area contributed by atoms with Gasteiger partial charge in [-0.25, -0.2) is 9.59 Å². The molecule has 0 spiro atoms. The molecule has 28 heavy (non-hydrogen) atoms. The zero-order valence-electron chi connectivity index (χ0n) is 15.8. The summed E-state index contributed by atoms with van der Waals surface area (Å²) in [6.45, 7) is 0.482. The SMILES string of the molecule is COCCNC(=O)COC(=O)c1ccc(C(=O)OCC(=O)NCCOC)cc1. The third-order valence-corrected chi connectivity index (χ3v) is 3.28. The topological polar surface area (TPSA) is 129 Å². The summed E-state index contributed by atoms with van der Waals surface area (Å²) < 4.78 is 19.3. The van der Waals surface area contributed by atoms with Crippen molar-refractivity contribution in [2.75, 3.05) is 53.7 Å². The Labute approximate surface area is 162 Å². The second kappa shape index (κ2) is 13.2. The first-order valence-corrected chi connectivity index (χ1v) is 8.43. The van der Waals surface area contributed by atoms with E-state index < -0.39 is 37.0 Å². The quantitative estimate of drug-likeness (QED) is 0.358. The predicted octanol–water partition coefficient (Wildman–Crippen LogP) is -0.475. The summed E-state index contributed by atoms with van der Waals surface area (Å²) in [5, 5.41) is 5.02. The highest BCUT2D eigenvalue weighted by molar-refractivity contribution is 5.94. The highest BCUT2D eigenvalue weighted by Gasteiger charge is 2.13. The second-order valence-electron chi connectivity index (χ2n) is 5.42. The molecule has 0 atom stereocenters. The van der Waals surface area contributed by atoms with Crippen LogP contribution in [0, 0.1) is 0 Å². The molecule has 1 aromatic rings. The number of carbonyl (C=O) groups is 4. The molecule has 0 aromatic heterocycles. The number of esters is 2. The molecule has 2 N–H and O–H groups in total. The Hall–Kier alpha value is -2.98. The van der Waals surface area contributed by atoms with Gasteiger partial charge in [0.1, 0.15) is 0 Å². The lowest BCUT2D eigenvalue weighted by Crippen LogP contribution is -2.31. The lowest BCUT2D eigenvalue weighted by Gasteiger charge is -2.08. The predicted molar refractivity (Wildman–Crippen MR) is 96.8 cm³/mol. The van der Waals surface area contributed by atoms with Crippen LogP contribution in [-0.4, -0.2) is 77.5 Å². The van der Waals surface area contributed by atoms with Crippen LogP contribution in [-0.2, 0) is 28.5 Å². The molecule has 0 unspecified atom stereocenters. The van der Waals surface area contributed by atoms with Crippen molar-refractivity contribution < 1.29 is 38.1 Å². The highest BCUT2D eigenvalue weighted by Crippen LogP contribution is 2.07. The molecule has 154 valence electrons. The molecule has 10 nitrogen and oxygen atoms in total. The summed E-state index contributed by atoms with van der Waals surface area (Å²) in [4.78, 5) is 46.7. The Morgan fingerprint density at radius 2 is 1.07 bits per heavy atom. The van der Waals surface area contributed by atoms with E-state index in [1.807, 2.05) is 0 Å². The fraction of sp³-hybridized carbons (Fsp3) is 0.444. The van der Waals surface area contributed by atoms with Crippen LogP contribution in [0.4, 0.5) is 0 Å². The van der Waals surface area contributed by atoms with Crippen molar-refractivity contribution in [1.29, 1.82) is 0 Å². The molecular weight excluding hydrogens is 372 g/mol. The van der Waals surface area contributed by atoms with Gasteiger partial charge in [-0.1, -0.05) is 0 Å². The zero-order valence-corrected chi connectivity index (χ0v) is 15.8. The van der Waals surface area contributed by atoms with Gasteiger partial charge in [-0.2, -0.15) is 0 Å². The van der Waals surface area contributed by atoms with Gasteiger partial charge in [0.2, 0.25) is 0 Å². The number of methoxy groups -OCH3 is 2. The van der Waals surface area contributed by atoms with Gasteiger partial charge in [-0.3, -0.25) is 9.59 Å². The van der Waals surface area contributed by atoms with Crippen molar-refractivity contribution in [2.24, 2.45) is 0 Å². The molecule has 0 bridgehead atoms. The van der Waals surface area contributed by atoms with E-state index in [1.54, 1.807) is 0 Å². The monoisotopic (exact) mass is 396 g/mol. The minimum atomic E-state index is -0.709. The zero-order chi connectivity index (χ0) is 20.8. The molecular formula is C18H24N2O8. The Bertz CT molecular complexity index is 603. The molecule has 0 aliphatic rings. The maximum Gasteiger partial charge on any atom is 0.338 e. The summed E-state index contributed by atoms with van der Waals surface area (Å²) >= 11 is 0. The Kier molecular flexibility index (Phi) is 10.9. The van der Waals surface area contributed by atoms with E-state index in [-0.39, 0.29) is 11.1 Å². The lowest BCUT2D eigenvalue weighted by atomic mass is 10.1. The number of carbonyl (C=O) groups excluding carboxylic acids is 4. The second-order valence-corrected chi connectivity index (χ2v) is 5.42. The van der Waals surface area contributed by atoms with Crippen LogP contribution in [0.1, 0.15) is 20.7 Å². The molecule has 0 saturated heterocycles. The maximum atomic E-state index is 11.9. The van der Waals surface area contributed by atoms with E-state index in [4.69, 9.17) is 18.9 Å². The van der Waals surface area contributed by atoms with E-state index in [0.29, 0.717) is 26.3 Å².